The molecule has 0 aliphatic carbocycles. The predicted octanol–water partition coefficient (Wildman–Crippen LogP) is 2.71. The number of phenols is 1. The number of aliphatic hydroxyl groups is 1. The van der Waals surface area contributed by atoms with Gasteiger partial charge in [0.05, 0.1) is 18.8 Å². The summed E-state index contributed by atoms with van der Waals surface area (Å²) >= 11 is 0. The van der Waals surface area contributed by atoms with Gasteiger partial charge in [0.2, 0.25) is 5.91 Å². The van der Waals surface area contributed by atoms with Gasteiger partial charge in [-0.2, -0.15) is 0 Å². The highest BCUT2D eigenvalue weighted by atomic mass is 16.5. The molecule has 5 heteroatoms. The van der Waals surface area contributed by atoms with Crippen LogP contribution in [0.25, 0.3) is 0 Å². The Hall–Kier alpha value is -2.37. The minimum atomic E-state index is -0.879. The summed E-state index contributed by atoms with van der Waals surface area (Å²) in [7, 11) is 0. The zero-order valence-corrected chi connectivity index (χ0v) is 14.4. The molecule has 2 rings (SSSR count). The Bertz CT molecular complexity index is 657. The molecule has 2 aromatic carbocycles. The molecule has 1 amide bonds. The maximum absolute atomic E-state index is 12.2. The molecule has 1 atom stereocenters. The lowest BCUT2D eigenvalue weighted by molar-refractivity contribution is -0.123. The van der Waals surface area contributed by atoms with Crippen LogP contribution >= 0.6 is 0 Å². The third-order valence-electron chi connectivity index (χ3n) is 4.04. The maximum atomic E-state index is 12.2. The number of ether oxygens (including phenoxy) is 1. The number of carbonyl (C=O) groups is 1. The van der Waals surface area contributed by atoms with Crippen LogP contribution in [-0.4, -0.2) is 29.3 Å². The molecular weight excluding hydrogens is 318 g/mol. The summed E-state index contributed by atoms with van der Waals surface area (Å²) in [5.41, 5.74) is 0.962. The van der Waals surface area contributed by atoms with E-state index in [1.165, 1.54) is 12.1 Å². The van der Waals surface area contributed by atoms with E-state index >= 15 is 0 Å². The van der Waals surface area contributed by atoms with Crippen molar-refractivity contribution in [2.45, 2.75) is 31.9 Å². The van der Waals surface area contributed by atoms with Gasteiger partial charge < -0.3 is 20.3 Å². The van der Waals surface area contributed by atoms with Gasteiger partial charge in [0.15, 0.2) is 0 Å². The maximum Gasteiger partial charge on any atom is 0.220 e. The van der Waals surface area contributed by atoms with Crippen LogP contribution in [0.4, 0.5) is 0 Å². The fraction of sp³-hybridized carbons (Fsp3) is 0.350. The van der Waals surface area contributed by atoms with E-state index in [0.717, 1.165) is 11.1 Å². The molecule has 0 aliphatic heterocycles. The summed E-state index contributed by atoms with van der Waals surface area (Å²) < 4.78 is 5.57. The number of nitrogens with one attached hydrogen (secondary N) is 1. The largest absolute Gasteiger partial charge is 0.508 e. The molecular formula is C20H25NO4. The number of carbonyl (C=O) groups excluding carboxylic acids is 1. The number of phenolic OH excluding ortho intramolecular Hbond substituents is 1. The van der Waals surface area contributed by atoms with Gasteiger partial charge in [0.25, 0.3) is 0 Å². The highest BCUT2D eigenvalue weighted by Crippen LogP contribution is 2.22. The van der Waals surface area contributed by atoms with Crippen molar-refractivity contribution in [3.63, 3.8) is 0 Å². The van der Waals surface area contributed by atoms with Crippen molar-refractivity contribution >= 4 is 5.91 Å². The number of aliphatic hydroxyl groups excluding tert-OH is 1. The van der Waals surface area contributed by atoms with Crippen LogP contribution in [0.2, 0.25) is 0 Å². The Kier molecular flexibility index (Phi) is 6.98. The number of hydrogen-bond acceptors (Lipinski definition) is 4. The summed E-state index contributed by atoms with van der Waals surface area (Å²) in [6.45, 7) is 2.55. The van der Waals surface area contributed by atoms with E-state index in [9.17, 15) is 15.0 Å². The molecule has 0 heterocycles. The van der Waals surface area contributed by atoms with Gasteiger partial charge in [0.1, 0.15) is 5.75 Å². The van der Waals surface area contributed by atoms with Crippen molar-refractivity contribution in [2.75, 3.05) is 13.2 Å². The van der Waals surface area contributed by atoms with Crippen LogP contribution < -0.4 is 5.32 Å². The van der Waals surface area contributed by atoms with Gasteiger partial charge in [-0.15, -0.1) is 0 Å². The molecule has 3 N–H and O–H groups in total. The number of benzene rings is 2. The summed E-state index contributed by atoms with van der Waals surface area (Å²) in [6, 6.07) is 16.3. The van der Waals surface area contributed by atoms with Crippen LogP contribution in [0.5, 0.6) is 5.75 Å². The Labute approximate surface area is 148 Å². The smallest absolute Gasteiger partial charge is 0.220 e. The van der Waals surface area contributed by atoms with Crippen LogP contribution in [-0.2, 0) is 21.7 Å². The van der Waals surface area contributed by atoms with Crippen molar-refractivity contribution in [2.24, 2.45) is 0 Å². The standard InChI is InChI=1S/C20H25NO4/c1-20(15-22,17-9-11-18(23)12-10-17)21-19(24)8-5-13-25-14-16-6-3-2-4-7-16/h2-4,6-7,9-12,22-23H,5,8,13-15H2,1H3,(H,21,24). The number of rotatable bonds is 9. The quantitative estimate of drug-likeness (QED) is 0.612. The fourth-order valence-corrected chi connectivity index (χ4v) is 2.50. The summed E-state index contributed by atoms with van der Waals surface area (Å²) in [5, 5.41) is 21.9. The molecule has 134 valence electrons. The molecule has 0 bridgehead atoms. The molecule has 0 saturated carbocycles. The highest BCUT2D eigenvalue weighted by Gasteiger charge is 2.27. The Morgan fingerprint density at radius 1 is 1.12 bits per heavy atom. The van der Waals surface area contributed by atoms with E-state index in [1.807, 2.05) is 30.3 Å². The van der Waals surface area contributed by atoms with Gasteiger partial charge in [-0.25, -0.2) is 0 Å². The van der Waals surface area contributed by atoms with Gasteiger partial charge in [-0.3, -0.25) is 4.79 Å². The molecule has 25 heavy (non-hydrogen) atoms. The topological polar surface area (TPSA) is 78.8 Å². The van der Waals surface area contributed by atoms with E-state index < -0.39 is 5.54 Å². The minimum Gasteiger partial charge on any atom is -0.508 e. The van der Waals surface area contributed by atoms with E-state index in [2.05, 4.69) is 5.32 Å². The lowest BCUT2D eigenvalue weighted by atomic mass is 9.92. The van der Waals surface area contributed by atoms with Crippen molar-refractivity contribution in [1.82, 2.24) is 5.32 Å². The van der Waals surface area contributed by atoms with E-state index in [0.29, 0.717) is 26.1 Å². The molecule has 0 fully saturated rings. The third-order valence-corrected chi connectivity index (χ3v) is 4.04. The van der Waals surface area contributed by atoms with E-state index in [-0.39, 0.29) is 18.3 Å². The first-order valence-electron chi connectivity index (χ1n) is 8.36. The molecule has 0 spiro atoms. The summed E-state index contributed by atoms with van der Waals surface area (Å²) in [5.74, 6) is -0.00105. The fourth-order valence-electron chi connectivity index (χ4n) is 2.50. The van der Waals surface area contributed by atoms with Gasteiger partial charge >= 0.3 is 0 Å². The molecule has 0 radical (unpaired) electrons. The van der Waals surface area contributed by atoms with Crippen LogP contribution in [0.1, 0.15) is 30.9 Å². The second-order valence-corrected chi connectivity index (χ2v) is 6.23. The average Bonchev–Trinajstić information content (AvgIpc) is 2.62. The van der Waals surface area contributed by atoms with Gasteiger partial charge in [0, 0.05) is 13.0 Å². The lowest BCUT2D eigenvalue weighted by Crippen LogP contribution is -2.46. The van der Waals surface area contributed by atoms with Crippen LogP contribution in [0, 0.1) is 0 Å². The first-order chi connectivity index (χ1) is 12.0. The second kappa shape index (κ2) is 9.20. The zero-order chi connectivity index (χ0) is 18.1. The average molecular weight is 343 g/mol. The predicted molar refractivity (Wildman–Crippen MR) is 96.0 cm³/mol. The number of hydrogen-bond donors (Lipinski definition) is 3. The van der Waals surface area contributed by atoms with Crippen LogP contribution in [0.15, 0.2) is 54.6 Å². The summed E-state index contributed by atoms with van der Waals surface area (Å²) in [4.78, 5) is 12.2. The SMILES string of the molecule is CC(CO)(NC(=O)CCCOCc1ccccc1)c1ccc(O)cc1. The lowest BCUT2D eigenvalue weighted by Gasteiger charge is -2.29. The van der Waals surface area contributed by atoms with Crippen LogP contribution in [0.3, 0.4) is 0 Å². The van der Waals surface area contributed by atoms with Gasteiger partial charge in [-0.1, -0.05) is 42.5 Å². The van der Waals surface area contributed by atoms with E-state index in [1.54, 1.807) is 19.1 Å². The van der Waals surface area contributed by atoms with E-state index in [4.69, 9.17) is 4.74 Å². The first-order valence-corrected chi connectivity index (χ1v) is 8.36. The van der Waals surface area contributed by atoms with Crippen molar-refractivity contribution in [1.29, 1.82) is 0 Å². The second-order valence-electron chi connectivity index (χ2n) is 6.23. The monoisotopic (exact) mass is 343 g/mol. The number of amides is 1. The third kappa shape index (κ3) is 5.89. The molecule has 1 unspecified atom stereocenters. The Morgan fingerprint density at radius 2 is 1.80 bits per heavy atom. The first kappa shape index (κ1) is 19.0. The minimum absolute atomic E-state index is 0.144. The van der Waals surface area contributed by atoms with Crippen molar-refractivity contribution < 1.29 is 19.7 Å². The highest BCUT2D eigenvalue weighted by molar-refractivity contribution is 5.77. The normalized spacial score (nSPS) is 13.2. The molecule has 0 aliphatic rings. The Balaban J connectivity index is 1.75. The molecule has 0 saturated heterocycles. The number of aromatic hydroxyl groups is 1. The summed E-state index contributed by atoms with van der Waals surface area (Å²) in [6.07, 6.45) is 0.929. The van der Waals surface area contributed by atoms with Crippen molar-refractivity contribution in [3.05, 3.63) is 65.7 Å². The molecule has 0 aromatic heterocycles. The van der Waals surface area contributed by atoms with Crippen molar-refractivity contribution in [3.8, 4) is 5.75 Å². The molecule has 5 nitrogen and oxygen atoms in total. The zero-order valence-electron chi connectivity index (χ0n) is 14.4. The van der Waals surface area contributed by atoms with Gasteiger partial charge in [-0.05, 0) is 36.6 Å². The molecule has 2 aromatic rings. The Morgan fingerprint density at radius 3 is 2.44 bits per heavy atom.